The third-order valence-corrected chi connectivity index (χ3v) is 4.20. The summed E-state index contributed by atoms with van der Waals surface area (Å²) >= 11 is 0. The highest BCUT2D eigenvalue weighted by molar-refractivity contribution is 6.02. The molecule has 7 heteroatoms. The van der Waals surface area contributed by atoms with Crippen LogP contribution in [-0.4, -0.2) is 32.1 Å². The van der Waals surface area contributed by atoms with Crippen LogP contribution in [0.15, 0.2) is 42.5 Å². The van der Waals surface area contributed by atoms with Crippen LogP contribution in [0.5, 0.6) is 17.2 Å². The van der Waals surface area contributed by atoms with E-state index in [0.717, 1.165) is 5.56 Å². The van der Waals surface area contributed by atoms with Gasteiger partial charge < -0.3 is 24.8 Å². The SMILES string of the molecule is COc1cc(/C=C/C(=O)Nc2cccc(NC(=O)C(C)C)c2)cc2c1OCCO2. The van der Waals surface area contributed by atoms with Crippen LogP contribution < -0.4 is 24.8 Å². The van der Waals surface area contributed by atoms with Crippen molar-refractivity contribution in [3.63, 3.8) is 0 Å². The van der Waals surface area contributed by atoms with E-state index < -0.39 is 0 Å². The number of amides is 2. The molecule has 0 atom stereocenters. The first-order valence-corrected chi connectivity index (χ1v) is 9.34. The second-order valence-electron chi connectivity index (χ2n) is 6.79. The number of ether oxygens (including phenoxy) is 3. The smallest absolute Gasteiger partial charge is 0.248 e. The van der Waals surface area contributed by atoms with Crippen molar-refractivity contribution < 1.29 is 23.8 Å². The van der Waals surface area contributed by atoms with Crippen molar-refractivity contribution >= 4 is 29.3 Å². The normalized spacial score (nSPS) is 12.7. The highest BCUT2D eigenvalue weighted by atomic mass is 16.6. The number of nitrogens with one attached hydrogen (secondary N) is 2. The molecule has 2 N–H and O–H groups in total. The molecule has 0 saturated carbocycles. The van der Waals surface area contributed by atoms with E-state index in [-0.39, 0.29) is 17.7 Å². The molecule has 0 aliphatic carbocycles. The van der Waals surface area contributed by atoms with Gasteiger partial charge in [-0.25, -0.2) is 0 Å². The lowest BCUT2D eigenvalue weighted by Gasteiger charge is -2.20. The highest BCUT2D eigenvalue weighted by Crippen LogP contribution is 2.40. The molecule has 2 aromatic carbocycles. The van der Waals surface area contributed by atoms with Gasteiger partial charge in [0.25, 0.3) is 0 Å². The van der Waals surface area contributed by atoms with Crippen LogP contribution in [0.3, 0.4) is 0 Å². The van der Waals surface area contributed by atoms with Crippen molar-refractivity contribution in [3.05, 3.63) is 48.0 Å². The summed E-state index contributed by atoms with van der Waals surface area (Å²) in [5.74, 6) is 1.20. The van der Waals surface area contributed by atoms with E-state index in [1.165, 1.54) is 6.08 Å². The van der Waals surface area contributed by atoms with E-state index in [4.69, 9.17) is 14.2 Å². The van der Waals surface area contributed by atoms with Crippen molar-refractivity contribution in [2.24, 2.45) is 5.92 Å². The first kappa shape index (κ1) is 20.3. The number of hydrogen-bond donors (Lipinski definition) is 2. The van der Waals surface area contributed by atoms with Crippen LogP contribution in [0.25, 0.3) is 6.08 Å². The van der Waals surface area contributed by atoms with Crippen LogP contribution in [0.1, 0.15) is 19.4 Å². The number of methoxy groups -OCH3 is 1. The van der Waals surface area contributed by atoms with E-state index in [1.54, 1.807) is 49.6 Å². The van der Waals surface area contributed by atoms with Crippen molar-refractivity contribution in [2.75, 3.05) is 31.0 Å². The summed E-state index contributed by atoms with van der Waals surface area (Å²) in [6.45, 7) is 4.57. The van der Waals surface area contributed by atoms with E-state index in [1.807, 2.05) is 13.8 Å². The van der Waals surface area contributed by atoms with Gasteiger partial charge in [0, 0.05) is 23.4 Å². The number of benzene rings is 2. The Balaban J connectivity index is 1.68. The number of fused-ring (bicyclic) bond motifs is 1. The summed E-state index contributed by atoms with van der Waals surface area (Å²) in [6, 6.07) is 10.6. The number of carbonyl (C=O) groups is 2. The summed E-state index contributed by atoms with van der Waals surface area (Å²) in [5.41, 5.74) is 1.96. The molecule has 0 fully saturated rings. The Morgan fingerprint density at radius 3 is 2.52 bits per heavy atom. The van der Waals surface area contributed by atoms with Gasteiger partial charge in [0.1, 0.15) is 13.2 Å². The molecule has 1 aliphatic heterocycles. The van der Waals surface area contributed by atoms with E-state index in [9.17, 15) is 9.59 Å². The molecule has 0 bridgehead atoms. The van der Waals surface area contributed by atoms with Gasteiger partial charge in [-0.3, -0.25) is 9.59 Å². The first-order valence-electron chi connectivity index (χ1n) is 9.34. The molecule has 3 rings (SSSR count). The molecule has 0 unspecified atom stereocenters. The predicted octanol–water partition coefficient (Wildman–Crippen LogP) is 3.71. The summed E-state index contributed by atoms with van der Waals surface area (Å²) in [5, 5.41) is 5.59. The lowest BCUT2D eigenvalue weighted by Crippen LogP contribution is -2.17. The average molecular weight is 396 g/mol. The van der Waals surface area contributed by atoms with Crippen molar-refractivity contribution in [1.82, 2.24) is 0 Å². The summed E-state index contributed by atoms with van der Waals surface area (Å²) in [4.78, 5) is 24.1. The minimum atomic E-state index is -0.300. The summed E-state index contributed by atoms with van der Waals surface area (Å²) < 4.78 is 16.5. The minimum Gasteiger partial charge on any atom is -0.493 e. The fourth-order valence-electron chi connectivity index (χ4n) is 2.71. The number of anilines is 2. The fraction of sp³-hybridized carbons (Fsp3) is 0.273. The van der Waals surface area contributed by atoms with Crippen molar-refractivity contribution in [3.8, 4) is 17.2 Å². The average Bonchev–Trinajstić information content (AvgIpc) is 2.71. The Hall–Kier alpha value is -3.48. The standard InChI is InChI=1S/C22H24N2O5/c1-14(2)22(26)24-17-6-4-5-16(13-17)23-20(25)8-7-15-11-18(27-3)21-19(12-15)28-9-10-29-21/h4-8,11-14H,9-10H2,1-3H3,(H,23,25)(H,24,26)/b8-7+. The van der Waals surface area contributed by atoms with E-state index in [2.05, 4.69) is 10.6 Å². The molecule has 1 aliphatic rings. The van der Waals surface area contributed by atoms with Crippen molar-refractivity contribution in [2.45, 2.75) is 13.8 Å². The maximum Gasteiger partial charge on any atom is 0.248 e. The van der Waals surface area contributed by atoms with Crippen LogP contribution >= 0.6 is 0 Å². The third kappa shape index (κ3) is 5.28. The molecular formula is C22H24N2O5. The Kier molecular flexibility index (Phi) is 6.39. The van der Waals surface area contributed by atoms with Gasteiger partial charge in [-0.1, -0.05) is 19.9 Å². The van der Waals surface area contributed by atoms with Crippen LogP contribution in [-0.2, 0) is 9.59 Å². The maximum atomic E-state index is 12.3. The molecule has 2 amide bonds. The summed E-state index contributed by atoms with van der Waals surface area (Å²) in [7, 11) is 1.55. The molecule has 152 valence electrons. The Labute approximate surface area is 169 Å². The van der Waals surface area contributed by atoms with Gasteiger partial charge >= 0.3 is 0 Å². The zero-order valence-electron chi connectivity index (χ0n) is 16.7. The molecule has 29 heavy (non-hydrogen) atoms. The molecule has 0 radical (unpaired) electrons. The maximum absolute atomic E-state index is 12.3. The molecule has 7 nitrogen and oxygen atoms in total. The zero-order valence-corrected chi connectivity index (χ0v) is 16.7. The second-order valence-corrected chi connectivity index (χ2v) is 6.79. The van der Waals surface area contributed by atoms with Crippen LogP contribution in [0, 0.1) is 5.92 Å². The fourth-order valence-corrected chi connectivity index (χ4v) is 2.71. The Morgan fingerprint density at radius 2 is 1.79 bits per heavy atom. The quantitative estimate of drug-likeness (QED) is 0.727. The van der Waals surface area contributed by atoms with E-state index >= 15 is 0 Å². The van der Waals surface area contributed by atoms with Crippen molar-refractivity contribution in [1.29, 1.82) is 0 Å². The van der Waals surface area contributed by atoms with Gasteiger partial charge in [0.2, 0.25) is 17.6 Å². The largest absolute Gasteiger partial charge is 0.493 e. The highest BCUT2D eigenvalue weighted by Gasteiger charge is 2.17. The molecule has 2 aromatic rings. The number of carbonyl (C=O) groups excluding carboxylic acids is 2. The second kappa shape index (κ2) is 9.14. The monoisotopic (exact) mass is 396 g/mol. The molecule has 0 spiro atoms. The van der Waals surface area contributed by atoms with Gasteiger partial charge in [0.15, 0.2) is 11.5 Å². The van der Waals surface area contributed by atoms with Gasteiger partial charge in [-0.15, -0.1) is 0 Å². The molecule has 0 saturated heterocycles. The lowest BCUT2D eigenvalue weighted by molar-refractivity contribution is -0.119. The predicted molar refractivity (Wildman–Crippen MR) is 112 cm³/mol. The molecule has 0 aromatic heterocycles. The summed E-state index contributed by atoms with van der Waals surface area (Å²) in [6.07, 6.45) is 3.09. The topological polar surface area (TPSA) is 85.9 Å². The van der Waals surface area contributed by atoms with Gasteiger partial charge in [0.05, 0.1) is 7.11 Å². The number of rotatable bonds is 6. The third-order valence-electron chi connectivity index (χ3n) is 4.20. The lowest BCUT2D eigenvalue weighted by atomic mass is 10.1. The van der Waals surface area contributed by atoms with Gasteiger partial charge in [-0.2, -0.15) is 0 Å². The van der Waals surface area contributed by atoms with Crippen LogP contribution in [0.2, 0.25) is 0 Å². The minimum absolute atomic E-state index is 0.0825. The van der Waals surface area contributed by atoms with Crippen LogP contribution in [0.4, 0.5) is 11.4 Å². The number of hydrogen-bond acceptors (Lipinski definition) is 5. The Bertz CT molecular complexity index is 920. The molecule has 1 heterocycles. The van der Waals surface area contributed by atoms with Gasteiger partial charge in [-0.05, 0) is 42.0 Å². The zero-order chi connectivity index (χ0) is 20.8. The Morgan fingerprint density at radius 1 is 1.07 bits per heavy atom. The van der Waals surface area contributed by atoms with E-state index in [0.29, 0.717) is 41.8 Å². The molecular weight excluding hydrogens is 372 g/mol. The first-order chi connectivity index (χ1) is 14.0.